The Labute approximate surface area is 207 Å². The molecule has 35 heavy (non-hydrogen) atoms. The molecular formula is C30H34N4O. The average Bonchev–Trinajstić information content (AvgIpc) is 2.91. The van der Waals surface area contributed by atoms with Crippen molar-refractivity contribution in [1.82, 2.24) is 9.97 Å². The van der Waals surface area contributed by atoms with Crippen molar-refractivity contribution in [1.29, 1.82) is 0 Å². The van der Waals surface area contributed by atoms with E-state index < -0.39 is 0 Å². The summed E-state index contributed by atoms with van der Waals surface area (Å²) in [5, 5.41) is 1.03. The molecule has 0 aliphatic heterocycles. The Morgan fingerprint density at radius 3 is 2.31 bits per heavy atom. The van der Waals surface area contributed by atoms with Gasteiger partial charge in [-0.25, -0.2) is 9.97 Å². The molecule has 3 aromatic carbocycles. The van der Waals surface area contributed by atoms with Crippen molar-refractivity contribution in [3.05, 3.63) is 102 Å². The number of ether oxygens (including phenoxy) is 1. The molecule has 5 heteroatoms. The Morgan fingerprint density at radius 1 is 0.771 bits per heavy atom. The Kier molecular flexibility index (Phi) is 8.98. The molecule has 1 unspecified atom stereocenters. The van der Waals surface area contributed by atoms with Crippen LogP contribution in [0.15, 0.2) is 78.9 Å². The number of nitrogens with zero attached hydrogens (tertiary/aromatic N) is 2. The number of benzene rings is 3. The van der Waals surface area contributed by atoms with Crippen molar-refractivity contribution < 1.29 is 4.74 Å². The van der Waals surface area contributed by atoms with E-state index in [2.05, 4.69) is 18.2 Å². The molecule has 0 fully saturated rings. The predicted octanol–water partition coefficient (Wildman–Crippen LogP) is 6.29. The van der Waals surface area contributed by atoms with E-state index >= 15 is 0 Å². The predicted molar refractivity (Wildman–Crippen MR) is 145 cm³/mol. The smallest absolute Gasteiger partial charge is 0.152 e. The van der Waals surface area contributed by atoms with Crippen molar-refractivity contribution in [2.24, 2.45) is 11.5 Å². The fraction of sp³-hybridized carbons (Fsp3) is 0.267. The van der Waals surface area contributed by atoms with Crippen LogP contribution in [0, 0.1) is 0 Å². The van der Waals surface area contributed by atoms with Crippen molar-refractivity contribution in [2.75, 3.05) is 6.54 Å². The van der Waals surface area contributed by atoms with Crippen LogP contribution in [0.5, 0.6) is 5.75 Å². The second-order valence-corrected chi connectivity index (χ2v) is 8.76. The Bertz CT molecular complexity index is 1220. The fourth-order valence-electron chi connectivity index (χ4n) is 4.06. The van der Waals surface area contributed by atoms with E-state index in [4.69, 9.17) is 26.2 Å². The van der Waals surface area contributed by atoms with Gasteiger partial charge in [0.05, 0.1) is 11.2 Å². The lowest BCUT2D eigenvalue weighted by atomic mass is 10.0. The van der Waals surface area contributed by atoms with Gasteiger partial charge in [-0.15, -0.1) is 0 Å². The maximum Gasteiger partial charge on any atom is 0.152 e. The van der Waals surface area contributed by atoms with Gasteiger partial charge in [0.1, 0.15) is 12.4 Å². The lowest BCUT2D eigenvalue weighted by Gasteiger charge is -2.14. The molecule has 0 saturated carbocycles. The lowest BCUT2D eigenvalue weighted by molar-refractivity contribution is 0.306. The van der Waals surface area contributed by atoms with Gasteiger partial charge in [-0.05, 0) is 54.8 Å². The van der Waals surface area contributed by atoms with Gasteiger partial charge >= 0.3 is 0 Å². The van der Waals surface area contributed by atoms with Gasteiger partial charge in [0.15, 0.2) is 5.82 Å². The molecule has 0 saturated heterocycles. The largest absolute Gasteiger partial charge is 0.489 e. The second kappa shape index (κ2) is 12.8. The maximum absolute atomic E-state index is 6.59. The molecule has 180 valence electrons. The quantitative estimate of drug-likeness (QED) is 0.240. The van der Waals surface area contributed by atoms with E-state index in [1.807, 2.05) is 72.8 Å². The zero-order chi connectivity index (χ0) is 24.3. The highest BCUT2D eigenvalue weighted by molar-refractivity contribution is 5.82. The maximum atomic E-state index is 6.59. The van der Waals surface area contributed by atoms with Crippen LogP contribution < -0.4 is 16.2 Å². The molecule has 4 aromatic rings. The standard InChI is InChI=1S/C30H34N4O/c31-21-9-2-1-6-13-27(32)30-26-12-7-8-14-28(26)33-29(34-30)20-17-23-15-18-25(19-16-23)35-22-24-10-4-3-5-11-24/h3-5,7-8,10-12,14-20,27H,1-2,6,9,13,21-22,31-32H2/b20-17+. The number of hydrogen-bond donors (Lipinski definition) is 2. The van der Waals surface area contributed by atoms with Crippen LogP contribution >= 0.6 is 0 Å². The van der Waals surface area contributed by atoms with Crippen LogP contribution in [0.4, 0.5) is 0 Å². The first-order valence-electron chi connectivity index (χ1n) is 12.4. The number of hydrogen-bond acceptors (Lipinski definition) is 5. The van der Waals surface area contributed by atoms with Crippen molar-refractivity contribution in [3.8, 4) is 5.75 Å². The summed E-state index contributed by atoms with van der Waals surface area (Å²) in [6, 6.07) is 26.2. The number of unbranched alkanes of at least 4 members (excludes halogenated alkanes) is 3. The van der Waals surface area contributed by atoms with Crippen molar-refractivity contribution in [3.63, 3.8) is 0 Å². The molecule has 5 nitrogen and oxygen atoms in total. The Hall–Kier alpha value is -3.54. The highest BCUT2D eigenvalue weighted by atomic mass is 16.5. The molecule has 1 atom stereocenters. The van der Waals surface area contributed by atoms with E-state index in [0.29, 0.717) is 12.4 Å². The normalized spacial score (nSPS) is 12.3. The van der Waals surface area contributed by atoms with E-state index in [9.17, 15) is 0 Å². The van der Waals surface area contributed by atoms with E-state index in [-0.39, 0.29) is 6.04 Å². The third kappa shape index (κ3) is 7.22. The second-order valence-electron chi connectivity index (χ2n) is 8.76. The molecule has 0 spiro atoms. The third-order valence-electron chi connectivity index (χ3n) is 6.02. The Morgan fingerprint density at radius 2 is 1.51 bits per heavy atom. The molecule has 1 aromatic heterocycles. The summed E-state index contributed by atoms with van der Waals surface area (Å²) in [6.45, 7) is 1.30. The summed E-state index contributed by atoms with van der Waals surface area (Å²) in [6.07, 6.45) is 9.31. The van der Waals surface area contributed by atoms with Gasteiger partial charge < -0.3 is 16.2 Å². The zero-order valence-electron chi connectivity index (χ0n) is 20.1. The molecule has 0 amide bonds. The summed E-state index contributed by atoms with van der Waals surface area (Å²) in [5.41, 5.74) is 16.2. The molecular weight excluding hydrogens is 432 g/mol. The summed E-state index contributed by atoms with van der Waals surface area (Å²) in [5.74, 6) is 1.51. The van der Waals surface area contributed by atoms with E-state index in [1.54, 1.807) is 0 Å². The minimum atomic E-state index is -0.117. The van der Waals surface area contributed by atoms with Gasteiger partial charge in [-0.3, -0.25) is 0 Å². The zero-order valence-corrected chi connectivity index (χ0v) is 20.1. The van der Waals surface area contributed by atoms with Crippen molar-refractivity contribution in [2.45, 2.75) is 44.8 Å². The van der Waals surface area contributed by atoms with Crippen LogP contribution in [0.1, 0.15) is 60.8 Å². The molecule has 0 aliphatic carbocycles. The minimum absolute atomic E-state index is 0.117. The first-order chi connectivity index (χ1) is 17.2. The molecule has 0 aliphatic rings. The lowest BCUT2D eigenvalue weighted by Crippen LogP contribution is -2.14. The summed E-state index contributed by atoms with van der Waals surface area (Å²) < 4.78 is 5.89. The summed E-state index contributed by atoms with van der Waals surface area (Å²) >= 11 is 0. The van der Waals surface area contributed by atoms with Gasteiger partial charge in [0.2, 0.25) is 0 Å². The Balaban J connectivity index is 1.44. The third-order valence-corrected chi connectivity index (χ3v) is 6.02. The molecule has 4 rings (SSSR count). The minimum Gasteiger partial charge on any atom is -0.489 e. The number of fused-ring (bicyclic) bond motifs is 1. The average molecular weight is 467 g/mol. The fourth-order valence-corrected chi connectivity index (χ4v) is 4.06. The number of para-hydroxylation sites is 1. The van der Waals surface area contributed by atoms with E-state index in [0.717, 1.165) is 72.1 Å². The monoisotopic (exact) mass is 466 g/mol. The van der Waals surface area contributed by atoms with Crippen LogP contribution in [0.25, 0.3) is 23.1 Å². The van der Waals surface area contributed by atoms with E-state index in [1.165, 1.54) is 0 Å². The van der Waals surface area contributed by atoms with Crippen LogP contribution in [-0.2, 0) is 6.61 Å². The molecule has 0 bridgehead atoms. The topological polar surface area (TPSA) is 87.1 Å². The number of nitrogens with two attached hydrogens (primary N) is 2. The van der Waals surface area contributed by atoms with Crippen LogP contribution in [-0.4, -0.2) is 16.5 Å². The highest BCUT2D eigenvalue weighted by Crippen LogP contribution is 2.25. The van der Waals surface area contributed by atoms with Gasteiger partial charge in [-0.2, -0.15) is 0 Å². The van der Waals surface area contributed by atoms with Gasteiger partial charge in [0.25, 0.3) is 0 Å². The van der Waals surface area contributed by atoms with Gasteiger partial charge in [0, 0.05) is 11.4 Å². The molecule has 1 heterocycles. The van der Waals surface area contributed by atoms with Gasteiger partial charge in [-0.1, -0.05) is 86.0 Å². The number of rotatable bonds is 12. The van der Waals surface area contributed by atoms with Crippen molar-refractivity contribution >= 4 is 23.1 Å². The molecule has 4 N–H and O–H groups in total. The first kappa shape index (κ1) is 24.6. The van der Waals surface area contributed by atoms with Crippen LogP contribution in [0.3, 0.4) is 0 Å². The van der Waals surface area contributed by atoms with Crippen LogP contribution in [0.2, 0.25) is 0 Å². The highest BCUT2D eigenvalue weighted by Gasteiger charge is 2.13. The number of aromatic nitrogens is 2. The molecule has 0 radical (unpaired) electrons. The first-order valence-corrected chi connectivity index (χ1v) is 12.4. The summed E-state index contributed by atoms with van der Waals surface area (Å²) in [4.78, 5) is 9.59. The summed E-state index contributed by atoms with van der Waals surface area (Å²) in [7, 11) is 0. The SMILES string of the molecule is NCCCCCCC(N)c1nc(/C=C/c2ccc(OCc3ccccc3)cc2)nc2ccccc12.